The van der Waals surface area contributed by atoms with Crippen molar-refractivity contribution in [3.8, 4) is 0 Å². The van der Waals surface area contributed by atoms with Gasteiger partial charge in [-0.15, -0.1) is 0 Å². The third kappa shape index (κ3) is 27.0. The maximum Gasteiger partial charge on any atom is 0.303 e. The largest absolute Gasteiger partial charge is 0.481 e. The van der Waals surface area contributed by atoms with Gasteiger partial charge in [0.1, 0.15) is 0 Å². The summed E-state index contributed by atoms with van der Waals surface area (Å²) < 4.78 is 0. The number of carbonyl (C=O) groups is 1. The topological polar surface area (TPSA) is 37.3 Å². The third-order valence-electron chi connectivity index (χ3n) is 5.82. The Balaban J connectivity index is 3.11. The van der Waals surface area contributed by atoms with E-state index in [1.165, 1.54) is 122 Å². The van der Waals surface area contributed by atoms with Crippen molar-refractivity contribution in [2.45, 2.75) is 148 Å². The highest BCUT2D eigenvalue weighted by atomic mass is 16.4. The molecule has 0 atom stereocenters. The molecule has 0 bridgehead atoms. The van der Waals surface area contributed by atoms with Gasteiger partial charge in [-0.25, -0.2) is 0 Å². The predicted molar refractivity (Wildman–Crippen MR) is 133 cm³/mol. The van der Waals surface area contributed by atoms with E-state index < -0.39 is 5.97 Å². The average Bonchev–Trinajstić information content (AvgIpc) is 2.73. The first kappa shape index (κ1) is 28.9. The Kier molecular flexibility index (Phi) is 25.1. The summed E-state index contributed by atoms with van der Waals surface area (Å²) in [5, 5.41) is 8.56. The van der Waals surface area contributed by atoms with Crippen LogP contribution in [0.3, 0.4) is 0 Å². The maximum atomic E-state index is 10.4. The Morgan fingerprint density at radius 1 is 0.500 bits per heavy atom. The maximum absolute atomic E-state index is 10.4. The molecule has 0 aliphatic heterocycles. The fourth-order valence-corrected chi connectivity index (χ4v) is 3.84. The molecule has 0 unspecified atom stereocenters. The highest BCUT2D eigenvalue weighted by Crippen LogP contribution is 2.13. The summed E-state index contributed by atoms with van der Waals surface area (Å²) in [4.78, 5) is 10.4. The van der Waals surface area contributed by atoms with E-state index in [0.29, 0.717) is 6.42 Å². The molecule has 0 heterocycles. The van der Waals surface area contributed by atoms with Crippen LogP contribution in [0.1, 0.15) is 148 Å². The molecule has 1 N–H and O–H groups in total. The first-order valence-electron chi connectivity index (χ1n) is 13.3. The van der Waals surface area contributed by atoms with Gasteiger partial charge in [0.05, 0.1) is 0 Å². The van der Waals surface area contributed by atoms with Crippen LogP contribution in [-0.2, 0) is 4.79 Å². The second kappa shape index (κ2) is 26.0. The van der Waals surface area contributed by atoms with Crippen molar-refractivity contribution in [3.63, 3.8) is 0 Å². The first-order valence-corrected chi connectivity index (χ1v) is 13.3. The van der Waals surface area contributed by atoms with Crippen LogP contribution in [0.2, 0.25) is 0 Å². The van der Waals surface area contributed by atoms with Crippen LogP contribution in [0, 0.1) is 0 Å². The molecule has 176 valence electrons. The van der Waals surface area contributed by atoms with Crippen LogP contribution < -0.4 is 0 Å². The minimum atomic E-state index is -0.703. The van der Waals surface area contributed by atoms with Crippen molar-refractivity contribution in [1.29, 1.82) is 0 Å². The normalized spacial score (nSPS) is 11.8. The van der Waals surface area contributed by atoms with Gasteiger partial charge in [-0.2, -0.15) is 0 Å². The van der Waals surface area contributed by atoms with Crippen LogP contribution in [-0.4, -0.2) is 11.1 Å². The van der Waals surface area contributed by atoms with Crippen molar-refractivity contribution in [3.05, 3.63) is 24.3 Å². The van der Waals surface area contributed by atoms with Crippen LogP contribution in [0.25, 0.3) is 0 Å². The lowest BCUT2D eigenvalue weighted by atomic mass is 10.0. The summed E-state index contributed by atoms with van der Waals surface area (Å²) in [5.41, 5.74) is 0. The Morgan fingerprint density at radius 3 is 1.13 bits per heavy atom. The first-order chi connectivity index (χ1) is 14.8. The van der Waals surface area contributed by atoms with Crippen molar-refractivity contribution in [2.24, 2.45) is 0 Å². The zero-order valence-corrected chi connectivity index (χ0v) is 20.2. The molecule has 0 saturated heterocycles. The van der Waals surface area contributed by atoms with Crippen LogP contribution in [0.4, 0.5) is 0 Å². The van der Waals surface area contributed by atoms with E-state index in [0.717, 1.165) is 6.42 Å². The van der Waals surface area contributed by atoms with Gasteiger partial charge in [0.25, 0.3) is 0 Å². The zero-order valence-electron chi connectivity index (χ0n) is 20.2. The zero-order chi connectivity index (χ0) is 22.0. The van der Waals surface area contributed by atoms with Gasteiger partial charge < -0.3 is 5.11 Å². The summed E-state index contributed by atoms with van der Waals surface area (Å²) in [7, 11) is 0. The number of allylic oxidation sites excluding steroid dienone is 4. The van der Waals surface area contributed by atoms with Crippen molar-refractivity contribution in [2.75, 3.05) is 0 Å². The molecular weight excluding hydrogens is 368 g/mol. The molecule has 0 aliphatic rings. The van der Waals surface area contributed by atoms with Gasteiger partial charge in [0.2, 0.25) is 0 Å². The molecule has 0 saturated carbocycles. The fraction of sp³-hybridized carbons (Fsp3) is 0.821. The number of carboxylic acid groups (broad SMARTS) is 1. The summed E-state index contributed by atoms with van der Waals surface area (Å²) in [6.07, 6.45) is 37.1. The lowest BCUT2D eigenvalue weighted by Gasteiger charge is -2.02. The van der Waals surface area contributed by atoms with Crippen molar-refractivity contribution >= 4 is 5.97 Å². The fourth-order valence-electron chi connectivity index (χ4n) is 3.84. The molecule has 0 radical (unpaired) electrons. The second-order valence-electron chi connectivity index (χ2n) is 8.90. The van der Waals surface area contributed by atoms with Crippen molar-refractivity contribution in [1.82, 2.24) is 0 Å². The summed E-state index contributed by atoms with van der Waals surface area (Å²) >= 11 is 0. The summed E-state index contributed by atoms with van der Waals surface area (Å²) in [5.74, 6) is -0.703. The minimum absolute atomic E-state index is 0.257. The molecule has 0 fully saturated rings. The Morgan fingerprint density at radius 2 is 0.800 bits per heavy atom. The molecule has 0 aromatic heterocycles. The molecule has 2 nitrogen and oxygen atoms in total. The number of hydrogen-bond donors (Lipinski definition) is 1. The number of rotatable bonds is 24. The van der Waals surface area contributed by atoms with Gasteiger partial charge >= 0.3 is 5.97 Å². The second-order valence-corrected chi connectivity index (χ2v) is 8.90. The number of unbranched alkanes of at least 4 members (excludes halogenated alkanes) is 18. The van der Waals surface area contributed by atoms with Gasteiger partial charge in [-0.1, -0.05) is 121 Å². The highest BCUT2D eigenvalue weighted by Gasteiger charge is 1.94. The monoisotopic (exact) mass is 420 g/mol. The number of hydrogen-bond acceptors (Lipinski definition) is 1. The Hall–Kier alpha value is -1.05. The van der Waals surface area contributed by atoms with Crippen LogP contribution in [0.5, 0.6) is 0 Å². The molecule has 0 amide bonds. The highest BCUT2D eigenvalue weighted by molar-refractivity contribution is 5.66. The molecule has 0 spiro atoms. The van der Waals surface area contributed by atoms with Crippen LogP contribution in [0.15, 0.2) is 24.3 Å². The van der Waals surface area contributed by atoms with E-state index in [2.05, 4.69) is 25.2 Å². The van der Waals surface area contributed by atoms with Gasteiger partial charge in [-0.3, -0.25) is 4.79 Å². The molecule has 0 aromatic carbocycles. The van der Waals surface area contributed by atoms with Gasteiger partial charge in [0.15, 0.2) is 0 Å². The number of carboxylic acids is 1. The molecule has 0 aromatic rings. The average molecular weight is 421 g/mol. The summed E-state index contributed by atoms with van der Waals surface area (Å²) in [6.45, 7) is 2.28. The Labute approximate surface area is 188 Å². The Bertz CT molecular complexity index is 397. The van der Waals surface area contributed by atoms with Crippen LogP contribution >= 0.6 is 0 Å². The number of aliphatic carboxylic acids is 1. The smallest absolute Gasteiger partial charge is 0.303 e. The quantitative estimate of drug-likeness (QED) is 0.125. The standard InChI is InChI=1S/C28H52O2/c1-2-3-4-5-6-7-8-9-10-11-12-13-14-15-16-17-18-19-20-21-22-23-24-25-26-27-28(29)30/h9-10,24-25H,2-8,11-23,26-27H2,1H3,(H,29,30)/b10-9+,25-24+. The van der Waals surface area contributed by atoms with E-state index in [9.17, 15) is 4.79 Å². The molecule has 0 rings (SSSR count). The SMILES string of the molecule is CCCCCCCC/C=C/CCCCCCCCCCCCC/C=C/CCC(=O)O. The lowest BCUT2D eigenvalue weighted by Crippen LogP contribution is -1.91. The summed E-state index contributed by atoms with van der Waals surface area (Å²) in [6, 6.07) is 0. The van der Waals surface area contributed by atoms with Crippen molar-refractivity contribution < 1.29 is 9.90 Å². The van der Waals surface area contributed by atoms with E-state index in [-0.39, 0.29) is 6.42 Å². The lowest BCUT2D eigenvalue weighted by molar-refractivity contribution is -0.136. The van der Waals surface area contributed by atoms with E-state index in [1.807, 2.05) is 6.08 Å². The van der Waals surface area contributed by atoms with Gasteiger partial charge in [-0.05, 0) is 44.9 Å². The molecule has 30 heavy (non-hydrogen) atoms. The predicted octanol–water partition coefficient (Wildman–Crippen LogP) is 9.79. The van der Waals surface area contributed by atoms with E-state index >= 15 is 0 Å². The minimum Gasteiger partial charge on any atom is -0.481 e. The third-order valence-corrected chi connectivity index (χ3v) is 5.82. The van der Waals surface area contributed by atoms with Gasteiger partial charge in [0, 0.05) is 6.42 Å². The molecular formula is C28H52O2. The van der Waals surface area contributed by atoms with E-state index in [4.69, 9.17) is 5.11 Å². The molecule has 2 heteroatoms. The van der Waals surface area contributed by atoms with E-state index in [1.54, 1.807) is 0 Å². The molecule has 0 aliphatic carbocycles.